The van der Waals surface area contributed by atoms with Gasteiger partial charge < -0.3 is 4.90 Å². The Kier molecular flexibility index (Phi) is 3.85. The lowest BCUT2D eigenvalue weighted by atomic mass is 10.3. The molecule has 9 heavy (non-hydrogen) atoms. The molecule has 0 amide bonds. The van der Waals surface area contributed by atoms with Crippen LogP contribution in [0.4, 0.5) is 0 Å². The van der Waals surface area contributed by atoms with Gasteiger partial charge in [-0.1, -0.05) is 11.6 Å². The van der Waals surface area contributed by atoms with Crippen LogP contribution in [0, 0.1) is 0 Å². The number of nitrogens with zero attached hydrogens (tertiary/aromatic N) is 1. The van der Waals surface area contributed by atoms with Crippen LogP contribution in [0.2, 0.25) is 0 Å². The van der Waals surface area contributed by atoms with Crippen molar-refractivity contribution in [2.24, 2.45) is 0 Å². The fourth-order valence-corrected chi connectivity index (χ4v) is 0.408. The van der Waals surface area contributed by atoms with Crippen LogP contribution < -0.4 is 0 Å². The maximum atomic E-state index is 2.08. The van der Waals surface area contributed by atoms with Crippen molar-refractivity contribution in [1.82, 2.24) is 4.90 Å². The SMILES string of the molecule is CC(C)=C/C=C/N(C)C. The maximum absolute atomic E-state index is 2.08. The summed E-state index contributed by atoms with van der Waals surface area (Å²) in [7, 11) is 4.02. The molecule has 0 aliphatic carbocycles. The molecule has 0 atom stereocenters. The van der Waals surface area contributed by atoms with Gasteiger partial charge in [-0.25, -0.2) is 0 Å². The van der Waals surface area contributed by atoms with Crippen LogP contribution in [0.1, 0.15) is 13.8 Å². The minimum atomic E-state index is 1.33. The summed E-state index contributed by atoms with van der Waals surface area (Å²) < 4.78 is 0. The van der Waals surface area contributed by atoms with E-state index in [1.807, 2.05) is 31.3 Å². The van der Waals surface area contributed by atoms with E-state index in [9.17, 15) is 0 Å². The Labute approximate surface area is 57.7 Å². The van der Waals surface area contributed by atoms with Crippen molar-refractivity contribution in [1.29, 1.82) is 0 Å². The van der Waals surface area contributed by atoms with E-state index in [-0.39, 0.29) is 0 Å². The minimum absolute atomic E-state index is 1.33. The van der Waals surface area contributed by atoms with Crippen LogP contribution >= 0.6 is 0 Å². The molecule has 1 heteroatoms. The largest absolute Gasteiger partial charge is 0.383 e. The van der Waals surface area contributed by atoms with Crippen LogP contribution in [0.15, 0.2) is 23.9 Å². The second-order valence-electron chi connectivity index (χ2n) is 2.55. The van der Waals surface area contributed by atoms with Gasteiger partial charge in [-0.2, -0.15) is 0 Å². The van der Waals surface area contributed by atoms with Gasteiger partial charge in [-0.3, -0.25) is 0 Å². The number of hydrogen-bond donors (Lipinski definition) is 0. The molecule has 1 nitrogen and oxygen atoms in total. The van der Waals surface area contributed by atoms with E-state index in [1.165, 1.54) is 5.57 Å². The van der Waals surface area contributed by atoms with Gasteiger partial charge in [0, 0.05) is 14.1 Å². The Morgan fingerprint density at radius 3 is 2.11 bits per heavy atom. The Morgan fingerprint density at radius 1 is 1.22 bits per heavy atom. The lowest BCUT2D eigenvalue weighted by molar-refractivity contribution is 0.564. The molecule has 0 heterocycles. The highest BCUT2D eigenvalue weighted by Gasteiger charge is 1.72. The van der Waals surface area contributed by atoms with E-state index in [0.717, 1.165) is 0 Å². The predicted octanol–water partition coefficient (Wildman–Crippen LogP) is 2.03. The third-order valence-corrected chi connectivity index (χ3v) is 0.814. The van der Waals surface area contributed by atoms with E-state index in [2.05, 4.69) is 19.9 Å². The molecule has 52 valence electrons. The zero-order valence-electron chi connectivity index (χ0n) is 6.68. The van der Waals surface area contributed by atoms with Gasteiger partial charge in [0.05, 0.1) is 0 Å². The highest BCUT2D eigenvalue weighted by molar-refractivity contribution is 5.07. The third kappa shape index (κ3) is 7.28. The summed E-state index contributed by atoms with van der Waals surface area (Å²) in [6.07, 6.45) is 6.14. The zero-order chi connectivity index (χ0) is 7.28. The average molecular weight is 125 g/mol. The van der Waals surface area contributed by atoms with Crippen molar-refractivity contribution in [2.45, 2.75) is 13.8 Å². The highest BCUT2D eigenvalue weighted by Crippen LogP contribution is 1.88. The van der Waals surface area contributed by atoms with Crippen LogP contribution in [-0.4, -0.2) is 19.0 Å². The van der Waals surface area contributed by atoms with Crippen molar-refractivity contribution in [3.8, 4) is 0 Å². The van der Waals surface area contributed by atoms with Crippen LogP contribution in [0.5, 0.6) is 0 Å². The third-order valence-electron chi connectivity index (χ3n) is 0.814. The summed E-state index contributed by atoms with van der Waals surface area (Å²) in [5.41, 5.74) is 1.33. The summed E-state index contributed by atoms with van der Waals surface area (Å²) in [6.45, 7) is 4.17. The molecule has 0 radical (unpaired) electrons. The average Bonchev–Trinajstić information content (AvgIpc) is 1.63. The minimum Gasteiger partial charge on any atom is -0.383 e. The molecular formula is C8H15N. The first-order chi connectivity index (χ1) is 4.13. The molecule has 0 spiro atoms. The van der Waals surface area contributed by atoms with Crippen molar-refractivity contribution < 1.29 is 0 Å². The second kappa shape index (κ2) is 4.19. The summed E-state index contributed by atoms with van der Waals surface area (Å²) >= 11 is 0. The van der Waals surface area contributed by atoms with Crippen LogP contribution in [-0.2, 0) is 0 Å². The van der Waals surface area contributed by atoms with E-state index in [0.29, 0.717) is 0 Å². The second-order valence-corrected chi connectivity index (χ2v) is 2.55. The summed E-state index contributed by atoms with van der Waals surface area (Å²) in [4.78, 5) is 2.01. The van der Waals surface area contributed by atoms with Gasteiger partial charge in [0.25, 0.3) is 0 Å². The smallest absolute Gasteiger partial charge is 0.00556 e. The molecule has 0 N–H and O–H groups in total. The van der Waals surface area contributed by atoms with Crippen molar-refractivity contribution >= 4 is 0 Å². The monoisotopic (exact) mass is 125 g/mol. The molecule has 0 aromatic heterocycles. The molecule has 0 aliphatic rings. The van der Waals surface area contributed by atoms with E-state index in [1.54, 1.807) is 0 Å². The lowest BCUT2D eigenvalue weighted by Gasteiger charge is -2.00. The Morgan fingerprint density at radius 2 is 1.78 bits per heavy atom. The normalized spacial score (nSPS) is 9.78. The quantitative estimate of drug-likeness (QED) is 0.510. The Hall–Kier alpha value is -0.720. The van der Waals surface area contributed by atoms with Crippen molar-refractivity contribution in [3.63, 3.8) is 0 Å². The first-order valence-corrected chi connectivity index (χ1v) is 3.11. The summed E-state index contributed by atoms with van der Waals surface area (Å²) in [6, 6.07) is 0. The molecule has 0 rings (SSSR count). The predicted molar refractivity (Wildman–Crippen MR) is 42.3 cm³/mol. The molecule has 0 aliphatic heterocycles. The zero-order valence-corrected chi connectivity index (χ0v) is 6.68. The van der Waals surface area contributed by atoms with Gasteiger partial charge in [0.1, 0.15) is 0 Å². The fourth-order valence-electron chi connectivity index (χ4n) is 0.408. The first kappa shape index (κ1) is 8.28. The molecule has 0 aromatic rings. The van der Waals surface area contributed by atoms with E-state index in [4.69, 9.17) is 0 Å². The Bertz CT molecular complexity index is 117. The van der Waals surface area contributed by atoms with Crippen LogP contribution in [0.3, 0.4) is 0 Å². The fraction of sp³-hybridized carbons (Fsp3) is 0.500. The molecule has 0 saturated heterocycles. The van der Waals surface area contributed by atoms with Gasteiger partial charge in [0.15, 0.2) is 0 Å². The van der Waals surface area contributed by atoms with Crippen LogP contribution in [0.25, 0.3) is 0 Å². The summed E-state index contributed by atoms with van der Waals surface area (Å²) in [5, 5.41) is 0. The number of hydrogen-bond acceptors (Lipinski definition) is 1. The van der Waals surface area contributed by atoms with E-state index < -0.39 is 0 Å². The van der Waals surface area contributed by atoms with Crippen molar-refractivity contribution in [3.05, 3.63) is 23.9 Å². The van der Waals surface area contributed by atoms with Gasteiger partial charge in [0.2, 0.25) is 0 Å². The lowest BCUT2D eigenvalue weighted by Crippen LogP contribution is -1.99. The highest BCUT2D eigenvalue weighted by atomic mass is 15.0. The van der Waals surface area contributed by atoms with Crippen molar-refractivity contribution in [2.75, 3.05) is 14.1 Å². The topological polar surface area (TPSA) is 3.24 Å². The van der Waals surface area contributed by atoms with Gasteiger partial charge in [-0.15, -0.1) is 0 Å². The number of allylic oxidation sites excluding steroid dienone is 3. The molecule has 0 saturated carbocycles. The van der Waals surface area contributed by atoms with Gasteiger partial charge in [-0.05, 0) is 26.1 Å². The maximum Gasteiger partial charge on any atom is 0.00556 e. The Balaban J connectivity index is 3.60. The molecular weight excluding hydrogens is 110 g/mol. The molecule has 0 fully saturated rings. The standard InChI is InChI=1S/C8H15N/c1-8(2)6-5-7-9(3)4/h5-7H,1-4H3/b7-5+. The molecule has 0 aromatic carbocycles. The molecule has 0 unspecified atom stereocenters. The van der Waals surface area contributed by atoms with E-state index >= 15 is 0 Å². The molecule has 0 bridgehead atoms. The van der Waals surface area contributed by atoms with Gasteiger partial charge >= 0.3 is 0 Å². The first-order valence-electron chi connectivity index (χ1n) is 3.11. The number of rotatable bonds is 2. The summed E-state index contributed by atoms with van der Waals surface area (Å²) in [5.74, 6) is 0.